The number of benzene rings is 2. The minimum Gasteiger partial charge on any atom is -0.329 e. The van der Waals surface area contributed by atoms with Crippen LogP contribution in [0.3, 0.4) is 0 Å². The maximum absolute atomic E-state index is 6.08. The van der Waals surface area contributed by atoms with Gasteiger partial charge >= 0.3 is 0 Å². The summed E-state index contributed by atoms with van der Waals surface area (Å²) in [5, 5.41) is 3.69. The van der Waals surface area contributed by atoms with Crippen molar-refractivity contribution >= 4 is 0 Å². The zero-order chi connectivity index (χ0) is 15.0. The van der Waals surface area contributed by atoms with Gasteiger partial charge in [-0.3, -0.25) is 0 Å². The molecule has 0 amide bonds. The first-order chi connectivity index (χ1) is 10.3. The number of nitrogens with one attached hydrogen (secondary N) is 1. The standard InChI is InChI=1S/C19H26N2/c1-2-19(16-20,14-13-17-9-5-3-6-10-17)21-15-18-11-7-4-8-12-18/h3-12,21H,2,13-16,20H2,1H3. The molecule has 2 heteroatoms. The third-order valence-corrected chi connectivity index (χ3v) is 4.31. The predicted molar refractivity (Wildman–Crippen MR) is 90.1 cm³/mol. The van der Waals surface area contributed by atoms with Crippen molar-refractivity contribution in [3.05, 3.63) is 71.8 Å². The van der Waals surface area contributed by atoms with Crippen LogP contribution >= 0.6 is 0 Å². The molecule has 2 aromatic carbocycles. The molecule has 0 spiro atoms. The van der Waals surface area contributed by atoms with E-state index in [1.165, 1.54) is 11.1 Å². The zero-order valence-corrected chi connectivity index (χ0v) is 12.9. The van der Waals surface area contributed by atoms with Crippen LogP contribution in [0.1, 0.15) is 30.9 Å². The zero-order valence-electron chi connectivity index (χ0n) is 12.9. The second-order valence-corrected chi connectivity index (χ2v) is 5.66. The lowest BCUT2D eigenvalue weighted by Gasteiger charge is -2.33. The fourth-order valence-corrected chi connectivity index (χ4v) is 2.62. The Morgan fingerprint density at radius 1 is 0.905 bits per heavy atom. The molecule has 2 aromatic rings. The maximum atomic E-state index is 6.08. The summed E-state index contributed by atoms with van der Waals surface area (Å²) in [6.45, 7) is 3.76. The van der Waals surface area contributed by atoms with Crippen molar-refractivity contribution in [3.8, 4) is 0 Å². The Hall–Kier alpha value is -1.64. The highest BCUT2D eigenvalue weighted by Gasteiger charge is 2.25. The van der Waals surface area contributed by atoms with Crippen molar-refractivity contribution in [3.63, 3.8) is 0 Å². The molecule has 0 saturated heterocycles. The highest BCUT2D eigenvalue weighted by molar-refractivity contribution is 5.17. The topological polar surface area (TPSA) is 38.0 Å². The third-order valence-electron chi connectivity index (χ3n) is 4.31. The van der Waals surface area contributed by atoms with Gasteiger partial charge in [0.1, 0.15) is 0 Å². The largest absolute Gasteiger partial charge is 0.329 e. The second kappa shape index (κ2) is 7.96. The summed E-state index contributed by atoms with van der Waals surface area (Å²) >= 11 is 0. The molecule has 0 aliphatic carbocycles. The molecule has 0 bridgehead atoms. The summed E-state index contributed by atoms with van der Waals surface area (Å²) in [5.41, 5.74) is 8.79. The van der Waals surface area contributed by atoms with Crippen LogP contribution in [0.25, 0.3) is 0 Å². The van der Waals surface area contributed by atoms with Gasteiger partial charge in [-0.05, 0) is 30.4 Å². The highest BCUT2D eigenvalue weighted by Crippen LogP contribution is 2.18. The number of aryl methyl sites for hydroxylation is 1. The Morgan fingerprint density at radius 2 is 1.48 bits per heavy atom. The lowest BCUT2D eigenvalue weighted by atomic mass is 9.88. The molecule has 0 heterocycles. The first-order valence-electron chi connectivity index (χ1n) is 7.81. The van der Waals surface area contributed by atoms with E-state index in [9.17, 15) is 0 Å². The maximum Gasteiger partial charge on any atom is 0.0307 e. The minimum atomic E-state index is 0.0195. The molecule has 0 aromatic heterocycles. The molecule has 2 rings (SSSR count). The van der Waals surface area contributed by atoms with E-state index in [1.807, 2.05) is 0 Å². The van der Waals surface area contributed by atoms with Gasteiger partial charge in [-0.2, -0.15) is 0 Å². The van der Waals surface area contributed by atoms with Gasteiger partial charge in [-0.1, -0.05) is 67.6 Å². The fraction of sp³-hybridized carbons (Fsp3) is 0.368. The average molecular weight is 282 g/mol. The molecular formula is C19H26N2. The number of hydrogen-bond acceptors (Lipinski definition) is 2. The van der Waals surface area contributed by atoms with E-state index in [0.29, 0.717) is 6.54 Å². The van der Waals surface area contributed by atoms with Gasteiger partial charge in [0.05, 0.1) is 0 Å². The molecule has 21 heavy (non-hydrogen) atoms. The summed E-state index contributed by atoms with van der Waals surface area (Å²) in [6, 6.07) is 21.2. The Balaban J connectivity index is 1.95. The van der Waals surface area contributed by atoms with E-state index >= 15 is 0 Å². The molecule has 2 nitrogen and oxygen atoms in total. The average Bonchev–Trinajstić information content (AvgIpc) is 2.58. The Morgan fingerprint density at radius 3 is 2.00 bits per heavy atom. The molecule has 0 fully saturated rings. The van der Waals surface area contributed by atoms with Crippen LogP contribution in [-0.2, 0) is 13.0 Å². The number of nitrogens with two attached hydrogens (primary N) is 1. The Labute approximate surface area is 128 Å². The van der Waals surface area contributed by atoms with Crippen LogP contribution in [0.2, 0.25) is 0 Å². The minimum absolute atomic E-state index is 0.0195. The van der Waals surface area contributed by atoms with Crippen molar-refractivity contribution in [1.82, 2.24) is 5.32 Å². The molecule has 0 aliphatic rings. The summed E-state index contributed by atoms with van der Waals surface area (Å²) in [4.78, 5) is 0. The quantitative estimate of drug-likeness (QED) is 0.777. The molecule has 1 atom stereocenters. The van der Waals surface area contributed by atoms with E-state index < -0.39 is 0 Å². The van der Waals surface area contributed by atoms with Gasteiger partial charge in [0.25, 0.3) is 0 Å². The fourth-order valence-electron chi connectivity index (χ4n) is 2.62. The lowest BCUT2D eigenvalue weighted by molar-refractivity contribution is 0.296. The molecular weight excluding hydrogens is 256 g/mol. The van der Waals surface area contributed by atoms with E-state index in [4.69, 9.17) is 5.73 Å². The molecule has 0 saturated carbocycles. The van der Waals surface area contributed by atoms with Crippen molar-refractivity contribution in [2.24, 2.45) is 5.73 Å². The summed E-state index contributed by atoms with van der Waals surface area (Å²) in [6.07, 6.45) is 3.17. The van der Waals surface area contributed by atoms with Crippen LogP contribution in [0.4, 0.5) is 0 Å². The van der Waals surface area contributed by atoms with Crippen LogP contribution in [0, 0.1) is 0 Å². The van der Waals surface area contributed by atoms with Crippen LogP contribution in [0.5, 0.6) is 0 Å². The SMILES string of the molecule is CCC(CN)(CCc1ccccc1)NCc1ccccc1. The van der Waals surface area contributed by atoms with Gasteiger partial charge in [-0.25, -0.2) is 0 Å². The van der Waals surface area contributed by atoms with Crippen LogP contribution in [-0.4, -0.2) is 12.1 Å². The second-order valence-electron chi connectivity index (χ2n) is 5.66. The summed E-state index contributed by atoms with van der Waals surface area (Å²) < 4.78 is 0. The Kier molecular flexibility index (Phi) is 5.97. The first kappa shape index (κ1) is 15.7. The van der Waals surface area contributed by atoms with Gasteiger partial charge in [0.15, 0.2) is 0 Å². The number of rotatable bonds is 8. The smallest absolute Gasteiger partial charge is 0.0307 e. The Bertz CT molecular complexity index is 458. The first-order valence-corrected chi connectivity index (χ1v) is 7.81. The van der Waals surface area contributed by atoms with Crippen molar-refractivity contribution < 1.29 is 0 Å². The van der Waals surface area contributed by atoms with E-state index in [2.05, 4.69) is 72.9 Å². The van der Waals surface area contributed by atoms with Gasteiger partial charge in [0, 0.05) is 18.6 Å². The predicted octanol–water partition coefficient (Wildman–Crippen LogP) is 3.52. The van der Waals surface area contributed by atoms with Gasteiger partial charge < -0.3 is 11.1 Å². The monoisotopic (exact) mass is 282 g/mol. The molecule has 3 N–H and O–H groups in total. The van der Waals surface area contributed by atoms with Crippen LogP contribution < -0.4 is 11.1 Å². The van der Waals surface area contributed by atoms with Crippen molar-refractivity contribution in [2.45, 2.75) is 38.3 Å². The van der Waals surface area contributed by atoms with Crippen LogP contribution in [0.15, 0.2) is 60.7 Å². The van der Waals surface area contributed by atoms with Crippen molar-refractivity contribution in [1.29, 1.82) is 0 Å². The van der Waals surface area contributed by atoms with E-state index in [1.54, 1.807) is 0 Å². The van der Waals surface area contributed by atoms with Crippen molar-refractivity contribution in [2.75, 3.05) is 6.54 Å². The molecule has 112 valence electrons. The normalized spacial score (nSPS) is 13.8. The van der Waals surface area contributed by atoms with E-state index in [0.717, 1.165) is 25.8 Å². The van der Waals surface area contributed by atoms with E-state index in [-0.39, 0.29) is 5.54 Å². The van der Waals surface area contributed by atoms with Gasteiger partial charge in [0.2, 0.25) is 0 Å². The molecule has 1 unspecified atom stereocenters. The summed E-state index contributed by atoms with van der Waals surface area (Å²) in [5.74, 6) is 0. The lowest BCUT2D eigenvalue weighted by Crippen LogP contribution is -2.50. The molecule has 0 radical (unpaired) electrons. The molecule has 0 aliphatic heterocycles. The van der Waals surface area contributed by atoms with Gasteiger partial charge in [-0.15, -0.1) is 0 Å². The summed E-state index contributed by atoms with van der Waals surface area (Å²) in [7, 11) is 0. The highest BCUT2D eigenvalue weighted by atomic mass is 15.0. The number of hydrogen-bond donors (Lipinski definition) is 2. The third kappa shape index (κ3) is 4.69.